The Hall–Kier alpha value is -1.88. The van der Waals surface area contributed by atoms with E-state index in [0.29, 0.717) is 18.8 Å². The molecule has 5 nitrogen and oxygen atoms in total. The first-order chi connectivity index (χ1) is 9.16. The van der Waals surface area contributed by atoms with Crippen molar-refractivity contribution in [2.75, 3.05) is 13.2 Å². The van der Waals surface area contributed by atoms with Gasteiger partial charge in [0.1, 0.15) is 0 Å². The molecule has 1 aromatic rings. The van der Waals surface area contributed by atoms with Crippen molar-refractivity contribution in [3.63, 3.8) is 0 Å². The Balaban J connectivity index is 1.82. The number of benzene rings is 1. The van der Waals surface area contributed by atoms with Gasteiger partial charge in [-0.25, -0.2) is 4.79 Å². The van der Waals surface area contributed by atoms with Crippen molar-refractivity contribution in [1.82, 2.24) is 4.90 Å². The fraction of sp³-hybridized carbons (Fsp3) is 0.429. The number of fused-ring (bicyclic) bond motifs is 2. The highest BCUT2D eigenvalue weighted by atomic mass is 16.5. The average Bonchev–Trinajstić information content (AvgIpc) is 2.67. The van der Waals surface area contributed by atoms with Crippen LogP contribution in [0.2, 0.25) is 0 Å². The van der Waals surface area contributed by atoms with Gasteiger partial charge in [-0.2, -0.15) is 0 Å². The van der Waals surface area contributed by atoms with E-state index in [0.717, 1.165) is 12.8 Å². The monoisotopic (exact) mass is 261 g/mol. The molecule has 2 bridgehead atoms. The minimum atomic E-state index is -0.981. The van der Waals surface area contributed by atoms with Gasteiger partial charge in [0.2, 0.25) is 0 Å². The summed E-state index contributed by atoms with van der Waals surface area (Å²) in [7, 11) is 0. The van der Waals surface area contributed by atoms with Gasteiger partial charge in [0.05, 0.1) is 30.9 Å². The largest absolute Gasteiger partial charge is 0.478 e. The summed E-state index contributed by atoms with van der Waals surface area (Å²) in [6, 6.07) is 6.45. The molecule has 0 spiro atoms. The Morgan fingerprint density at radius 3 is 2.11 bits per heavy atom. The van der Waals surface area contributed by atoms with E-state index in [1.807, 2.05) is 4.90 Å². The van der Waals surface area contributed by atoms with Gasteiger partial charge >= 0.3 is 5.97 Å². The molecular formula is C14H15NO4. The van der Waals surface area contributed by atoms with Crippen molar-refractivity contribution >= 4 is 11.9 Å². The molecule has 0 saturated carbocycles. The molecule has 1 aromatic carbocycles. The molecule has 19 heavy (non-hydrogen) atoms. The Morgan fingerprint density at radius 1 is 1.05 bits per heavy atom. The summed E-state index contributed by atoms with van der Waals surface area (Å²) in [4.78, 5) is 25.2. The number of ether oxygens (including phenoxy) is 1. The molecule has 2 fully saturated rings. The average molecular weight is 261 g/mol. The quantitative estimate of drug-likeness (QED) is 0.873. The third kappa shape index (κ3) is 2.10. The van der Waals surface area contributed by atoms with E-state index >= 15 is 0 Å². The fourth-order valence-electron chi connectivity index (χ4n) is 2.86. The minimum Gasteiger partial charge on any atom is -0.478 e. The van der Waals surface area contributed by atoms with E-state index in [4.69, 9.17) is 9.84 Å². The van der Waals surface area contributed by atoms with Crippen LogP contribution in [0.15, 0.2) is 24.3 Å². The molecular weight excluding hydrogens is 246 g/mol. The van der Waals surface area contributed by atoms with Crippen LogP contribution in [-0.4, -0.2) is 47.2 Å². The zero-order valence-electron chi connectivity index (χ0n) is 10.4. The lowest BCUT2D eigenvalue weighted by atomic mass is 10.1. The Morgan fingerprint density at radius 2 is 1.58 bits per heavy atom. The summed E-state index contributed by atoms with van der Waals surface area (Å²) in [5, 5.41) is 8.85. The number of amides is 1. The number of carboxylic acid groups (broad SMARTS) is 1. The minimum absolute atomic E-state index is 0.0206. The highest BCUT2D eigenvalue weighted by molar-refractivity contribution is 5.96. The highest BCUT2D eigenvalue weighted by Gasteiger charge is 2.40. The van der Waals surface area contributed by atoms with Gasteiger partial charge in [-0.15, -0.1) is 0 Å². The number of morpholine rings is 1. The van der Waals surface area contributed by atoms with E-state index in [2.05, 4.69) is 0 Å². The SMILES string of the molecule is O=C(O)c1ccc(C(=O)N2[C@@H]3CC[C@H]2COC3)cc1. The molecule has 2 atom stereocenters. The smallest absolute Gasteiger partial charge is 0.335 e. The van der Waals surface area contributed by atoms with Crippen LogP contribution in [0.5, 0.6) is 0 Å². The maximum atomic E-state index is 12.5. The number of hydrogen-bond donors (Lipinski definition) is 1. The van der Waals surface area contributed by atoms with Crippen molar-refractivity contribution < 1.29 is 19.4 Å². The highest BCUT2D eigenvalue weighted by Crippen LogP contribution is 2.30. The molecule has 3 rings (SSSR count). The van der Waals surface area contributed by atoms with Crippen molar-refractivity contribution in [2.45, 2.75) is 24.9 Å². The van der Waals surface area contributed by atoms with Gasteiger partial charge < -0.3 is 14.7 Å². The van der Waals surface area contributed by atoms with Gasteiger partial charge in [0.25, 0.3) is 5.91 Å². The summed E-state index contributed by atoms with van der Waals surface area (Å²) >= 11 is 0. The Bertz CT molecular complexity index is 495. The number of aromatic carboxylic acids is 1. The van der Waals surface area contributed by atoms with E-state index in [1.165, 1.54) is 12.1 Å². The van der Waals surface area contributed by atoms with Crippen LogP contribution >= 0.6 is 0 Å². The maximum absolute atomic E-state index is 12.5. The summed E-state index contributed by atoms with van der Waals surface area (Å²) in [5.74, 6) is -1.00. The maximum Gasteiger partial charge on any atom is 0.335 e. The normalized spacial score (nSPS) is 25.4. The molecule has 5 heteroatoms. The van der Waals surface area contributed by atoms with Crippen molar-refractivity contribution in [1.29, 1.82) is 0 Å². The van der Waals surface area contributed by atoms with E-state index in [-0.39, 0.29) is 23.6 Å². The van der Waals surface area contributed by atoms with Crippen molar-refractivity contribution in [3.05, 3.63) is 35.4 Å². The Labute approximate surface area is 110 Å². The molecule has 1 amide bonds. The first kappa shape index (κ1) is 12.2. The van der Waals surface area contributed by atoms with Gasteiger partial charge in [0.15, 0.2) is 0 Å². The number of carbonyl (C=O) groups is 2. The molecule has 2 aliphatic heterocycles. The summed E-state index contributed by atoms with van der Waals surface area (Å²) in [5.41, 5.74) is 0.741. The summed E-state index contributed by atoms with van der Waals surface area (Å²) in [6.45, 7) is 1.21. The first-order valence-electron chi connectivity index (χ1n) is 6.40. The van der Waals surface area contributed by atoms with Crippen LogP contribution in [0.4, 0.5) is 0 Å². The van der Waals surface area contributed by atoms with Crippen molar-refractivity contribution in [3.8, 4) is 0 Å². The van der Waals surface area contributed by atoms with Crippen LogP contribution in [0, 0.1) is 0 Å². The van der Waals surface area contributed by atoms with E-state index in [9.17, 15) is 9.59 Å². The van der Waals surface area contributed by atoms with Crippen LogP contribution in [-0.2, 0) is 4.74 Å². The second kappa shape index (κ2) is 4.66. The molecule has 100 valence electrons. The Kier molecular flexibility index (Phi) is 2.98. The standard InChI is InChI=1S/C14H15NO4/c16-13(9-1-3-10(4-2-9)14(17)18)15-11-5-6-12(15)8-19-7-11/h1-4,11-12H,5-8H2,(H,17,18)/t11-,12+. The lowest BCUT2D eigenvalue weighted by molar-refractivity contribution is -0.00716. The van der Waals surface area contributed by atoms with E-state index < -0.39 is 5.97 Å². The predicted molar refractivity (Wildman–Crippen MR) is 67.2 cm³/mol. The number of carbonyl (C=O) groups excluding carboxylic acids is 1. The van der Waals surface area contributed by atoms with Crippen LogP contribution in [0.1, 0.15) is 33.6 Å². The number of nitrogens with zero attached hydrogens (tertiary/aromatic N) is 1. The third-order valence-corrected chi connectivity index (χ3v) is 3.85. The fourth-order valence-corrected chi connectivity index (χ4v) is 2.86. The van der Waals surface area contributed by atoms with E-state index in [1.54, 1.807) is 12.1 Å². The summed E-state index contributed by atoms with van der Waals surface area (Å²) < 4.78 is 5.45. The molecule has 2 saturated heterocycles. The van der Waals surface area contributed by atoms with Gasteiger partial charge in [0, 0.05) is 5.56 Å². The summed E-state index contributed by atoms with van der Waals surface area (Å²) in [6.07, 6.45) is 1.98. The van der Waals surface area contributed by atoms with Crippen LogP contribution in [0.25, 0.3) is 0 Å². The van der Waals surface area contributed by atoms with Gasteiger partial charge in [-0.05, 0) is 37.1 Å². The van der Waals surface area contributed by atoms with Crippen LogP contribution in [0.3, 0.4) is 0 Å². The first-order valence-corrected chi connectivity index (χ1v) is 6.40. The zero-order chi connectivity index (χ0) is 13.4. The van der Waals surface area contributed by atoms with Gasteiger partial charge in [-0.1, -0.05) is 0 Å². The lowest BCUT2D eigenvalue weighted by Crippen LogP contribution is -2.49. The molecule has 0 aromatic heterocycles. The molecule has 1 N–H and O–H groups in total. The molecule has 0 aliphatic carbocycles. The molecule has 2 heterocycles. The van der Waals surface area contributed by atoms with Crippen molar-refractivity contribution in [2.24, 2.45) is 0 Å². The second-order valence-electron chi connectivity index (χ2n) is 5.02. The zero-order valence-corrected chi connectivity index (χ0v) is 10.4. The van der Waals surface area contributed by atoms with Crippen LogP contribution < -0.4 is 0 Å². The topological polar surface area (TPSA) is 66.8 Å². The molecule has 0 radical (unpaired) electrons. The number of rotatable bonds is 2. The lowest BCUT2D eigenvalue weighted by Gasteiger charge is -2.34. The molecule has 0 unspecified atom stereocenters. The predicted octanol–water partition coefficient (Wildman–Crippen LogP) is 1.39. The second-order valence-corrected chi connectivity index (χ2v) is 5.02. The third-order valence-electron chi connectivity index (χ3n) is 3.85. The number of carboxylic acids is 1. The number of hydrogen-bond acceptors (Lipinski definition) is 3. The molecule has 2 aliphatic rings. The van der Waals surface area contributed by atoms with Gasteiger partial charge in [-0.3, -0.25) is 4.79 Å².